The van der Waals surface area contributed by atoms with Crippen LogP contribution in [0.4, 0.5) is 0 Å². The van der Waals surface area contributed by atoms with Gasteiger partial charge in [-0.25, -0.2) is 0 Å². The fourth-order valence-corrected chi connectivity index (χ4v) is 235. The van der Waals surface area contributed by atoms with E-state index in [9.17, 15) is 0 Å². The molecule has 0 amide bonds. The second-order valence-corrected chi connectivity index (χ2v) is 137. The van der Waals surface area contributed by atoms with Crippen LogP contribution in [0.15, 0.2) is 0 Å². The van der Waals surface area contributed by atoms with Gasteiger partial charge in [0.25, 0.3) is 0 Å². The fourth-order valence-electron chi connectivity index (χ4n) is 0.993. The molecule has 2 atom stereocenters. The summed E-state index contributed by atoms with van der Waals surface area (Å²) in [7, 11) is 93.4. The van der Waals surface area contributed by atoms with Gasteiger partial charge in [0.2, 0.25) is 0 Å². The van der Waals surface area contributed by atoms with Crippen molar-refractivity contribution >= 4 is 432 Å². The van der Waals surface area contributed by atoms with Gasteiger partial charge in [-0.1, -0.05) is 8.93 Å². The topological polar surface area (TPSA) is 0 Å². The molecule has 0 rings (SSSR count). The monoisotopic (exact) mass is 1780 g/mol. The molecule has 0 heterocycles. The van der Waals surface area contributed by atoms with Crippen LogP contribution in [-0.4, -0.2) is 6.66 Å². The summed E-state index contributed by atoms with van der Waals surface area (Å²) in [6.45, 7) is 2.21. The van der Waals surface area contributed by atoms with Crippen LogP contribution in [0.1, 0.15) is 0 Å². The Morgan fingerprint density at radius 2 is 0.310 bits per heavy atom. The van der Waals surface area contributed by atoms with Crippen LogP contribution < -0.4 is 0 Å². The Balaban J connectivity index is 4.08. The van der Waals surface area contributed by atoms with Crippen molar-refractivity contribution in [2.75, 3.05) is 6.66 Å². The van der Waals surface area contributed by atoms with Crippen molar-refractivity contribution in [3.05, 3.63) is 0 Å². The van der Waals surface area contributed by atoms with Crippen LogP contribution in [0.25, 0.3) is 0 Å². The average Bonchev–Trinajstić information content (AvgIpc) is 3.22. The van der Waals surface area contributed by atoms with Crippen molar-refractivity contribution < 1.29 is 0 Å². The Kier molecular flexibility index (Phi) is 94.0. The second kappa shape index (κ2) is 72.4. The molecule has 0 radical (unpaired) electrons. The minimum atomic E-state index is -0.0315. The molecular formula is CH5P57. The standard InChI is InChI=1S/CH5P57/c1-58(3)57-56-55-54-53-52-51-50-49-48-47-46-45-44-43-42-41-40-39-38-37-36-35-34-33-32-31-30-29-28-27-26-25-24-23-22-21-20-19-18-17-16-15-14-13-12-11-10-9-8-7-6-5-4-2/h2H2,1H3. The molecule has 0 saturated heterocycles. The summed E-state index contributed by atoms with van der Waals surface area (Å²) < 4.78 is 0. The molecule has 0 nitrogen and oxygen atoms in total. The van der Waals surface area contributed by atoms with E-state index in [0.29, 0.717) is 0 Å². The van der Waals surface area contributed by atoms with Crippen LogP contribution in [0.3, 0.4) is 0 Å². The molecule has 0 saturated carbocycles. The van der Waals surface area contributed by atoms with E-state index in [2.05, 4.69) is 23.9 Å². The van der Waals surface area contributed by atoms with Crippen LogP contribution in [0.5, 0.6) is 0 Å². The molecule has 0 aliphatic carbocycles. The summed E-state index contributed by atoms with van der Waals surface area (Å²) in [6.07, 6.45) is 0. The maximum atomic E-state index is 4.50. The first-order valence-corrected chi connectivity index (χ1v) is 103. The summed E-state index contributed by atoms with van der Waals surface area (Å²) in [5, 5.41) is 0. The van der Waals surface area contributed by atoms with Crippen LogP contribution in [0.2, 0.25) is 0 Å². The molecule has 0 aliphatic rings. The summed E-state index contributed by atoms with van der Waals surface area (Å²) in [6, 6.07) is 0. The minimum Gasteiger partial charge on any atom is -0.0774 e. The van der Waals surface area contributed by atoms with E-state index < -0.39 is 0 Å². The van der Waals surface area contributed by atoms with E-state index in [-0.39, 0.29) is 6.71 Å². The first-order valence-electron chi connectivity index (χ1n) is 11.7. The zero-order chi connectivity index (χ0) is 41.8. The van der Waals surface area contributed by atoms with Crippen LogP contribution in [-0.2, 0) is 0 Å². The van der Waals surface area contributed by atoms with Crippen molar-refractivity contribution in [2.24, 2.45) is 0 Å². The SMILES string of the molecule is CP(#P)P=PP=PP=PP=PP=PP=PP=PP=PP=PP=PP=PP=PP=PP=PP=PP=PP=PP=PP=PP=PP=PP=PP=PP=PP=PP=PP=PP. The van der Waals surface area contributed by atoms with Gasteiger partial charge in [-0.2, -0.15) is 0 Å². The van der Waals surface area contributed by atoms with Crippen LogP contribution >= 0.6 is 432 Å². The van der Waals surface area contributed by atoms with Gasteiger partial charge in [0.1, 0.15) is 0 Å². The van der Waals surface area contributed by atoms with E-state index in [0.717, 1.165) is 0 Å². The molecule has 0 aliphatic heterocycles. The van der Waals surface area contributed by atoms with Gasteiger partial charge in [-0.3, -0.25) is 0 Å². The van der Waals surface area contributed by atoms with Crippen molar-refractivity contribution in [1.29, 1.82) is 0 Å². The van der Waals surface area contributed by atoms with Gasteiger partial charge in [-0.15, -0.1) is 0 Å². The Bertz CT molecular complexity index is 1970. The number of hydrogen-bond acceptors (Lipinski definition) is 0. The summed E-state index contributed by atoms with van der Waals surface area (Å²) >= 11 is 0. The van der Waals surface area contributed by atoms with Crippen molar-refractivity contribution in [3.63, 3.8) is 0 Å². The van der Waals surface area contributed by atoms with Gasteiger partial charge < -0.3 is 0 Å². The fraction of sp³-hybridized carbons (Fsp3) is 1.00. The van der Waals surface area contributed by atoms with Crippen molar-refractivity contribution in [1.82, 2.24) is 0 Å². The molecule has 0 N–H and O–H groups in total. The Labute approximate surface area is 432 Å². The zero-order valence-electron chi connectivity index (χ0n) is 26.6. The molecule has 0 aromatic rings. The first kappa shape index (κ1) is 75.4. The smallest absolute Gasteiger partial charge is 0.0774 e. The summed E-state index contributed by atoms with van der Waals surface area (Å²) in [4.78, 5) is 0. The molecule has 2 unspecified atom stereocenters. The minimum absolute atomic E-state index is 0.0315. The third-order valence-electron chi connectivity index (χ3n) is 2.26. The van der Waals surface area contributed by atoms with Gasteiger partial charge in [-0.05, 0) is 68.0 Å². The van der Waals surface area contributed by atoms with Gasteiger partial charge in [0.05, 0.1) is 0 Å². The quantitative estimate of drug-likeness (QED) is 0.0757. The molecule has 0 aromatic carbocycles. The van der Waals surface area contributed by atoms with Gasteiger partial charge in [0.15, 0.2) is 0 Å². The first-order chi connectivity index (χ1) is 28.8. The molecule has 0 fully saturated rings. The van der Waals surface area contributed by atoms with Gasteiger partial charge in [0, 0.05) is 257 Å². The maximum absolute atomic E-state index is 4.50. The van der Waals surface area contributed by atoms with Crippen LogP contribution in [0, 0.1) is 0 Å². The zero-order valence-corrected chi connectivity index (χ0v) is 77.9. The third kappa shape index (κ3) is 73.4. The van der Waals surface area contributed by atoms with E-state index in [1.165, 1.54) is 22.7 Å². The third-order valence-corrected chi connectivity index (χ3v) is 178. The predicted octanol–water partition coefficient (Wildman–Crippen LogP) is 48.7. The average molecular weight is 1780 g/mol. The predicted molar refractivity (Wildman–Crippen MR) is 403 cm³/mol. The summed E-state index contributed by atoms with van der Waals surface area (Å²) in [5.41, 5.74) is 0. The molecule has 58 heavy (non-hydrogen) atoms. The van der Waals surface area contributed by atoms with E-state index >= 15 is 0 Å². The Hall–Kier alpha value is 17.4. The van der Waals surface area contributed by atoms with E-state index in [1.807, 2.05) is 0 Å². The number of rotatable bonds is 26. The Morgan fingerprint density at radius 3 is 0.414 bits per heavy atom. The summed E-state index contributed by atoms with van der Waals surface area (Å²) in [5.74, 6) is 0. The molecule has 57 heteroatoms. The Morgan fingerprint density at radius 1 is 0.207 bits per heavy atom. The normalized spacial score (nSPS) is 15.6. The number of hydrogen-bond donors (Lipinski definition) is 0. The van der Waals surface area contributed by atoms with E-state index in [4.69, 9.17) is 0 Å². The molecule has 0 spiro atoms. The molecular weight excluding hydrogens is 1780 g/mol. The van der Waals surface area contributed by atoms with E-state index in [1.54, 1.807) is 385 Å². The van der Waals surface area contributed by atoms with Crippen molar-refractivity contribution in [2.45, 2.75) is 0 Å². The second-order valence-electron chi connectivity index (χ2n) is 5.35. The van der Waals surface area contributed by atoms with Crippen molar-refractivity contribution in [3.8, 4) is 0 Å². The molecule has 0 aromatic heterocycles. The molecule has 294 valence electrons. The molecule has 0 bridgehead atoms. The van der Waals surface area contributed by atoms with Gasteiger partial charge >= 0.3 is 105 Å².